The van der Waals surface area contributed by atoms with Gasteiger partial charge in [-0.25, -0.2) is 0 Å². The van der Waals surface area contributed by atoms with E-state index in [1.165, 1.54) is 9.75 Å². The second-order valence-corrected chi connectivity index (χ2v) is 8.23. The lowest BCUT2D eigenvalue weighted by Crippen LogP contribution is -2.29. The minimum Gasteiger partial charge on any atom is -0.385 e. The molecule has 2 heterocycles. The molecule has 1 N–H and O–H groups in total. The zero-order valence-electron chi connectivity index (χ0n) is 12.7. The van der Waals surface area contributed by atoms with Crippen molar-refractivity contribution < 1.29 is 5.11 Å². The van der Waals surface area contributed by atoms with Crippen LogP contribution in [0.4, 0.5) is 0 Å². The first-order chi connectivity index (χ1) is 9.42. The number of rotatable bonds is 6. The molecule has 0 aromatic carbocycles. The molecule has 0 fully saturated rings. The molecule has 0 saturated heterocycles. The standard InChI is InChI=1S/C17H24OS2/c1-12(2)10-17(18,11-13(3)4)14-7-9-20-16(14)15-6-5-8-19-15/h5-9,12-13,18H,10-11H2,1-4H3. The fourth-order valence-corrected chi connectivity index (χ4v) is 4.80. The lowest BCUT2D eigenvalue weighted by Gasteiger charge is -2.32. The predicted octanol–water partition coefficient (Wildman–Crippen LogP) is 5.76. The normalized spacial score (nSPS) is 12.6. The van der Waals surface area contributed by atoms with Crippen LogP contribution in [0.25, 0.3) is 9.75 Å². The van der Waals surface area contributed by atoms with Crippen LogP contribution in [-0.2, 0) is 5.60 Å². The summed E-state index contributed by atoms with van der Waals surface area (Å²) in [5.74, 6) is 0.963. The Bertz CT molecular complexity index is 513. The van der Waals surface area contributed by atoms with Gasteiger partial charge < -0.3 is 5.11 Å². The summed E-state index contributed by atoms with van der Waals surface area (Å²) in [4.78, 5) is 2.50. The molecule has 0 atom stereocenters. The molecule has 2 rings (SSSR count). The van der Waals surface area contributed by atoms with Gasteiger partial charge in [-0.1, -0.05) is 33.8 Å². The molecule has 1 nitrogen and oxygen atoms in total. The molecule has 0 saturated carbocycles. The van der Waals surface area contributed by atoms with Crippen LogP contribution in [0, 0.1) is 11.8 Å². The monoisotopic (exact) mass is 308 g/mol. The summed E-state index contributed by atoms with van der Waals surface area (Å²) >= 11 is 3.49. The van der Waals surface area contributed by atoms with Crippen molar-refractivity contribution in [3.05, 3.63) is 34.5 Å². The molecule has 0 aliphatic heterocycles. The molecule has 0 spiro atoms. The number of aliphatic hydroxyl groups is 1. The number of hydrogen-bond donors (Lipinski definition) is 1. The van der Waals surface area contributed by atoms with E-state index in [4.69, 9.17) is 0 Å². The summed E-state index contributed by atoms with van der Waals surface area (Å²) in [6.07, 6.45) is 1.64. The fraction of sp³-hybridized carbons (Fsp3) is 0.529. The van der Waals surface area contributed by atoms with E-state index < -0.39 is 5.60 Å². The van der Waals surface area contributed by atoms with Gasteiger partial charge >= 0.3 is 0 Å². The molecule has 0 unspecified atom stereocenters. The number of hydrogen-bond acceptors (Lipinski definition) is 3. The maximum absolute atomic E-state index is 11.3. The van der Waals surface area contributed by atoms with Crippen molar-refractivity contribution >= 4 is 22.7 Å². The van der Waals surface area contributed by atoms with E-state index in [-0.39, 0.29) is 0 Å². The van der Waals surface area contributed by atoms with Crippen molar-refractivity contribution in [1.29, 1.82) is 0 Å². The van der Waals surface area contributed by atoms with Crippen LogP contribution in [0.5, 0.6) is 0 Å². The summed E-state index contributed by atoms with van der Waals surface area (Å²) in [6, 6.07) is 6.34. The third-order valence-corrected chi connectivity index (χ3v) is 5.37. The summed E-state index contributed by atoms with van der Waals surface area (Å²) in [7, 11) is 0. The first kappa shape index (κ1) is 15.7. The second-order valence-electron chi connectivity index (χ2n) is 6.37. The van der Waals surface area contributed by atoms with Crippen molar-refractivity contribution in [1.82, 2.24) is 0 Å². The SMILES string of the molecule is CC(C)CC(O)(CC(C)C)c1ccsc1-c1cccs1. The highest BCUT2D eigenvalue weighted by molar-refractivity contribution is 7.20. The van der Waals surface area contributed by atoms with Gasteiger partial charge in [0.2, 0.25) is 0 Å². The van der Waals surface area contributed by atoms with Crippen molar-refractivity contribution in [2.45, 2.75) is 46.1 Å². The Morgan fingerprint density at radius 3 is 2.15 bits per heavy atom. The average Bonchev–Trinajstić information content (AvgIpc) is 2.98. The van der Waals surface area contributed by atoms with Gasteiger partial charge in [0.1, 0.15) is 0 Å². The average molecular weight is 309 g/mol. The van der Waals surface area contributed by atoms with E-state index in [1.54, 1.807) is 22.7 Å². The van der Waals surface area contributed by atoms with E-state index in [0.29, 0.717) is 11.8 Å². The highest BCUT2D eigenvalue weighted by Gasteiger charge is 2.34. The van der Waals surface area contributed by atoms with Gasteiger partial charge in [0.25, 0.3) is 0 Å². The van der Waals surface area contributed by atoms with E-state index in [1.807, 2.05) is 0 Å². The molecule has 2 aromatic heterocycles. The van der Waals surface area contributed by atoms with Gasteiger partial charge in [-0.2, -0.15) is 0 Å². The van der Waals surface area contributed by atoms with Crippen LogP contribution in [0.3, 0.4) is 0 Å². The molecule has 0 amide bonds. The van der Waals surface area contributed by atoms with E-state index in [2.05, 4.69) is 56.7 Å². The highest BCUT2D eigenvalue weighted by atomic mass is 32.1. The zero-order valence-corrected chi connectivity index (χ0v) is 14.4. The molecular weight excluding hydrogens is 284 g/mol. The third kappa shape index (κ3) is 3.51. The highest BCUT2D eigenvalue weighted by Crippen LogP contribution is 2.43. The molecule has 0 radical (unpaired) electrons. The maximum atomic E-state index is 11.3. The Morgan fingerprint density at radius 1 is 1.00 bits per heavy atom. The first-order valence-electron chi connectivity index (χ1n) is 7.26. The van der Waals surface area contributed by atoms with Crippen molar-refractivity contribution in [3.63, 3.8) is 0 Å². The van der Waals surface area contributed by atoms with Crippen LogP contribution in [-0.4, -0.2) is 5.11 Å². The Labute approximate surface area is 130 Å². The van der Waals surface area contributed by atoms with Crippen LogP contribution >= 0.6 is 22.7 Å². The molecule has 2 aromatic rings. The molecule has 0 bridgehead atoms. The van der Waals surface area contributed by atoms with Gasteiger partial charge in [-0.3, -0.25) is 0 Å². The fourth-order valence-electron chi connectivity index (χ4n) is 2.93. The lowest BCUT2D eigenvalue weighted by atomic mass is 9.80. The van der Waals surface area contributed by atoms with Gasteiger partial charge in [0.05, 0.1) is 10.5 Å². The van der Waals surface area contributed by atoms with Crippen molar-refractivity contribution in [3.8, 4) is 9.75 Å². The summed E-state index contributed by atoms with van der Waals surface area (Å²) in [5.41, 5.74) is 0.411. The van der Waals surface area contributed by atoms with Crippen LogP contribution < -0.4 is 0 Å². The molecular formula is C17H24OS2. The third-order valence-electron chi connectivity index (χ3n) is 3.40. The summed E-state index contributed by atoms with van der Waals surface area (Å²) in [5, 5.41) is 15.5. The number of thiophene rings is 2. The van der Waals surface area contributed by atoms with E-state index in [9.17, 15) is 5.11 Å². The van der Waals surface area contributed by atoms with Gasteiger partial charge in [-0.05, 0) is 47.6 Å². The summed E-state index contributed by atoms with van der Waals surface area (Å²) < 4.78 is 0. The molecule has 0 aliphatic carbocycles. The Kier molecular flexibility index (Phi) is 5.05. The van der Waals surface area contributed by atoms with Crippen molar-refractivity contribution in [2.24, 2.45) is 11.8 Å². The van der Waals surface area contributed by atoms with E-state index >= 15 is 0 Å². The second kappa shape index (κ2) is 6.42. The molecule has 20 heavy (non-hydrogen) atoms. The maximum Gasteiger partial charge on any atom is 0.0915 e. The minimum atomic E-state index is -0.707. The Morgan fingerprint density at radius 2 is 1.65 bits per heavy atom. The Hall–Kier alpha value is -0.640. The quantitative estimate of drug-likeness (QED) is 0.719. The Balaban J connectivity index is 2.42. The van der Waals surface area contributed by atoms with Gasteiger partial charge in [0, 0.05) is 10.4 Å². The first-order valence-corrected chi connectivity index (χ1v) is 9.02. The van der Waals surface area contributed by atoms with Crippen LogP contribution in [0.1, 0.15) is 46.1 Å². The lowest BCUT2D eigenvalue weighted by molar-refractivity contribution is -0.00361. The molecule has 110 valence electrons. The van der Waals surface area contributed by atoms with Crippen LogP contribution in [0.15, 0.2) is 29.0 Å². The zero-order chi connectivity index (χ0) is 14.8. The van der Waals surface area contributed by atoms with E-state index in [0.717, 1.165) is 18.4 Å². The van der Waals surface area contributed by atoms with Gasteiger partial charge in [-0.15, -0.1) is 22.7 Å². The predicted molar refractivity (Wildman–Crippen MR) is 90.4 cm³/mol. The smallest absolute Gasteiger partial charge is 0.0915 e. The molecule has 0 aliphatic rings. The van der Waals surface area contributed by atoms with Crippen molar-refractivity contribution in [2.75, 3.05) is 0 Å². The molecule has 3 heteroatoms. The minimum absolute atomic E-state index is 0.481. The largest absolute Gasteiger partial charge is 0.385 e. The van der Waals surface area contributed by atoms with Gasteiger partial charge in [0.15, 0.2) is 0 Å². The van der Waals surface area contributed by atoms with Crippen LogP contribution in [0.2, 0.25) is 0 Å². The topological polar surface area (TPSA) is 20.2 Å². The summed E-state index contributed by atoms with van der Waals surface area (Å²) in [6.45, 7) is 8.73.